The van der Waals surface area contributed by atoms with Crippen molar-refractivity contribution in [3.05, 3.63) is 41.5 Å². The number of aryl methyl sites for hydroxylation is 1. The lowest BCUT2D eigenvalue weighted by molar-refractivity contribution is -0.162. The Labute approximate surface area is 235 Å². The second-order valence-corrected chi connectivity index (χ2v) is 11.6. The maximum Gasteiger partial charge on any atom is 0.408 e. The molecule has 3 amide bonds. The van der Waals surface area contributed by atoms with E-state index in [4.69, 9.17) is 4.74 Å². The number of anilines is 1. The number of likely N-dealkylation sites (tertiary alicyclic amines) is 1. The quantitative estimate of drug-likeness (QED) is 0.353. The Morgan fingerprint density at radius 1 is 1.14 bits per heavy atom. The summed E-state index contributed by atoms with van der Waals surface area (Å²) in [4.78, 5) is 38.1. The zero-order valence-corrected chi connectivity index (χ0v) is 22.8. The van der Waals surface area contributed by atoms with Crippen LogP contribution >= 0.6 is 0 Å². The number of benzene rings is 1. The van der Waals surface area contributed by atoms with Crippen molar-refractivity contribution in [1.82, 2.24) is 19.5 Å². The fourth-order valence-electron chi connectivity index (χ4n) is 4.60. The fraction of sp³-hybridized carbons (Fsp3) is 0.458. The van der Waals surface area contributed by atoms with Gasteiger partial charge < -0.3 is 24.8 Å². The molecule has 1 aromatic heterocycles. The second-order valence-electron chi connectivity index (χ2n) is 9.98. The molecule has 3 N–H and O–H groups in total. The monoisotopic (exact) mass is 625 g/mol. The van der Waals surface area contributed by atoms with Crippen LogP contribution in [-0.2, 0) is 26.7 Å². The Hall–Kier alpha value is -3.80. The SMILES string of the molecule is C[C@@H](NC(=O)C(=O)N1CCC2(CC1)COc1c(cn(C)c1C(=O)Nc1ccc(F)c(C(F)F)c1)S(=O)(=O)N2)C(F)(F)F. The van der Waals surface area contributed by atoms with Crippen molar-refractivity contribution in [1.29, 1.82) is 0 Å². The summed E-state index contributed by atoms with van der Waals surface area (Å²) in [6, 6.07) is 0.280. The number of hydrogen-bond acceptors (Lipinski definition) is 6. The number of sulfonamides is 1. The molecule has 2 aliphatic heterocycles. The van der Waals surface area contributed by atoms with Gasteiger partial charge in [-0.1, -0.05) is 0 Å². The van der Waals surface area contributed by atoms with Crippen molar-refractivity contribution in [2.24, 2.45) is 7.05 Å². The standard InChI is InChI=1S/C24H25F6N5O6S/c1-12(24(28,29)30)31-21(37)22(38)35-7-5-23(6-8-35)11-41-18-16(42(39,40)33-23)10-34(2)17(18)20(36)32-13-3-4-15(25)14(9-13)19(26)27/h3-4,9-10,12,19,33H,5-8,11H2,1-2H3,(H,31,37)(H,32,36)/t12-/m1/s1. The predicted octanol–water partition coefficient (Wildman–Crippen LogP) is 2.45. The maximum absolute atomic E-state index is 13.7. The van der Waals surface area contributed by atoms with Crippen molar-refractivity contribution >= 4 is 33.4 Å². The van der Waals surface area contributed by atoms with E-state index in [2.05, 4.69) is 10.0 Å². The smallest absolute Gasteiger partial charge is 0.408 e. The molecule has 3 heterocycles. The van der Waals surface area contributed by atoms with Crippen molar-refractivity contribution < 1.29 is 53.9 Å². The Balaban J connectivity index is 1.50. The molecule has 0 aliphatic carbocycles. The number of rotatable bonds is 4. The number of halogens is 6. The fourth-order valence-corrected chi connectivity index (χ4v) is 6.24. The van der Waals surface area contributed by atoms with Crippen LogP contribution in [0, 0.1) is 5.82 Å². The van der Waals surface area contributed by atoms with E-state index >= 15 is 0 Å². The van der Waals surface area contributed by atoms with E-state index in [1.165, 1.54) is 7.05 Å². The number of carbonyl (C=O) groups is 3. The first-order chi connectivity index (χ1) is 19.4. The van der Waals surface area contributed by atoms with Crippen LogP contribution in [0.25, 0.3) is 0 Å². The van der Waals surface area contributed by atoms with Crippen molar-refractivity contribution in [2.45, 2.75) is 48.8 Å². The maximum atomic E-state index is 13.7. The Kier molecular flexibility index (Phi) is 8.25. The summed E-state index contributed by atoms with van der Waals surface area (Å²) in [6.45, 7) is -0.0305. The van der Waals surface area contributed by atoms with Crippen molar-refractivity contribution in [2.75, 3.05) is 25.0 Å². The first kappa shape index (κ1) is 31.1. The molecule has 2 aliphatic rings. The zero-order valence-electron chi connectivity index (χ0n) is 22.0. The van der Waals surface area contributed by atoms with Crippen LogP contribution in [-0.4, -0.2) is 73.1 Å². The highest BCUT2D eigenvalue weighted by molar-refractivity contribution is 7.89. The largest absolute Gasteiger partial charge is 0.488 e. The van der Waals surface area contributed by atoms with E-state index in [0.29, 0.717) is 6.92 Å². The Morgan fingerprint density at radius 3 is 2.38 bits per heavy atom. The first-order valence-corrected chi connectivity index (χ1v) is 13.8. The Morgan fingerprint density at radius 2 is 1.79 bits per heavy atom. The van der Waals surface area contributed by atoms with E-state index in [9.17, 15) is 49.1 Å². The van der Waals surface area contributed by atoms with Gasteiger partial charge in [-0.3, -0.25) is 14.4 Å². The van der Waals surface area contributed by atoms with Crippen LogP contribution in [0.15, 0.2) is 29.3 Å². The average molecular weight is 626 g/mol. The number of nitrogens with zero attached hydrogens (tertiary/aromatic N) is 2. The number of aromatic nitrogens is 1. The van der Waals surface area contributed by atoms with E-state index in [1.807, 2.05) is 0 Å². The summed E-state index contributed by atoms with van der Waals surface area (Å²) in [5.74, 6) is -5.12. The number of amides is 3. The van der Waals surface area contributed by atoms with Gasteiger partial charge in [-0.2, -0.15) is 13.2 Å². The number of ether oxygens (including phenoxy) is 1. The third-order valence-corrected chi connectivity index (χ3v) is 8.55. The van der Waals surface area contributed by atoms with Crippen LogP contribution in [0.5, 0.6) is 5.75 Å². The third kappa shape index (κ3) is 6.18. The highest BCUT2D eigenvalue weighted by atomic mass is 32.2. The normalized spacial score (nSPS) is 18.5. The molecule has 0 radical (unpaired) electrons. The molecule has 0 saturated carbocycles. The molecule has 1 spiro atoms. The van der Waals surface area contributed by atoms with E-state index in [0.717, 1.165) is 33.9 Å². The number of alkyl halides is 5. The van der Waals surface area contributed by atoms with Crippen LogP contribution in [0.1, 0.15) is 42.2 Å². The number of carbonyl (C=O) groups excluding carboxylic acids is 3. The summed E-state index contributed by atoms with van der Waals surface area (Å²) >= 11 is 0. The molecule has 1 fully saturated rings. The summed E-state index contributed by atoms with van der Waals surface area (Å²) in [7, 11) is -2.99. The van der Waals surface area contributed by atoms with E-state index < -0.39 is 68.2 Å². The average Bonchev–Trinajstić information content (AvgIpc) is 3.20. The van der Waals surface area contributed by atoms with Gasteiger partial charge in [-0.05, 0) is 38.0 Å². The highest BCUT2D eigenvalue weighted by Crippen LogP contribution is 2.37. The zero-order chi connectivity index (χ0) is 31.2. The van der Waals surface area contributed by atoms with Crippen LogP contribution < -0.4 is 20.1 Å². The molecule has 230 valence electrons. The minimum Gasteiger partial charge on any atom is -0.488 e. The van der Waals surface area contributed by atoms with Crippen molar-refractivity contribution in [3.63, 3.8) is 0 Å². The third-order valence-electron chi connectivity index (χ3n) is 6.98. The number of fused-ring (bicyclic) bond motifs is 1. The van der Waals surface area contributed by atoms with Gasteiger partial charge in [0.05, 0.1) is 11.1 Å². The molecule has 0 bridgehead atoms. The minimum absolute atomic E-state index is 0.0794. The highest BCUT2D eigenvalue weighted by Gasteiger charge is 2.46. The molecule has 0 unspecified atom stereocenters. The number of nitrogens with one attached hydrogen (secondary N) is 3. The van der Waals surface area contributed by atoms with Gasteiger partial charge in [0, 0.05) is 32.0 Å². The molecule has 42 heavy (non-hydrogen) atoms. The molecule has 4 rings (SSSR count). The summed E-state index contributed by atoms with van der Waals surface area (Å²) in [5.41, 5.74) is -2.70. The minimum atomic E-state index is -4.75. The Bertz CT molecular complexity index is 1520. The number of piperidine rings is 1. The van der Waals surface area contributed by atoms with Gasteiger partial charge >= 0.3 is 18.0 Å². The van der Waals surface area contributed by atoms with E-state index in [-0.39, 0.29) is 49.7 Å². The van der Waals surface area contributed by atoms with Crippen LogP contribution in [0.2, 0.25) is 0 Å². The molecule has 1 aromatic carbocycles. The lowest BCUT2D eigenvalue weighted by Crippen LogP contribution is -2.60. The van der Waals surface area contributed by atoms with Gasteiger partial charge in [0.2, 0.25) is 10.0 Å². The lowest BCUT2D eigenvalue weighted by Gasteiger charge is -2.40. The van der Waals surface area contributed by atoms with Crippen molar-refractivity contribution in [3.8, 4) is 5.75 Å². The van der Waals surface area contributed by atoms with E-state index in [1.54, 1.807) is 5.32 Å². The molecule has 1 saturated heterocycles. The van der Waals surface area contributed by atoms with Gasteiger partial charge in [0.25, 0.3) is 12.3 Å². The van der Waals surface area contributed by atoms with Gasteiger partial charge in [-0.15, -0.1) is 0 Å². The lowest BCUT2D eigenvalue weighted by atomic mass is 9.89. The van der Waals surface area contributed by atoms with Gasteiger partial charge in [0.1, 0.15) is 23.4 Å². The first-order valence-electron chi connectivity index (χ1n) is 12.4. The molecule has 2 aromatic rings. The van der Waals surface area contributed by atoms with Gasteiger partial charge in [0.15, 0.2) is 11.4 Å². The summed E-state index contributed by atoms with van der Waals surface area (Å²) in [5, 5.41) is 3.90. The molecule has 1 atom stereocenters. The number of hydrogen-bond donors (Lipinski definition) is 3. The molecule has 11 nitrogen and oxygen atoms in total. The van der Waals surface area contributed by atoms with Crippen LogP contribution in [0.4, 0.5) is 32.0 Å². The summed E-state index contributed by atoms with van der Waals surface area (Å²) < 4.78 is 114. The molecular formula is C24H25F6N5O6S. The molecular weight excluding hydrogens is 600 g/mol. The van der Waals surface area contributed by atoms with Gasteiger partial charge in [-0.25, -0.2) is 26.3 Å². The topological polar surface area (TPSA) is 139 Å². The second kappa shape index (κ2) is 11.1. The summed E-state index contributed by atoms with van der Waals surface area (Å²) in [6.07, 6.45) is -6.96. The predicted molar refractivity (Wildman–Crippen MR) is 133 cm³/mol. The molecule has 18 heteroatoms. The van der Waals surface area contributed by atoms with Crippen LogP contribution in [0.3, 0.4) is 0 Å².